The van der Waals surface area contributed by atoms with E-state index < -0.39 is 5.79 Å². The van der Waals surface area contributed by atoms with Gasteiger partial charge < -0.3 is 9.84 Å². The summed E-state index contributed by atoms with van der Waals surface area (Å²) in [5, 5.41) is 12.1. The quantitative estimate of drug-likeness (QED) is 0.324. The lowest BCUT2D eigenvalue weighted by Crippen LogP contribution is -2.55. The molecule has 1 aromatic carbocycles. The zero-order valence-electron chi connectivity index (χ0n) is 21.6. The fraction of sp³-hybridized carbons (Fsp3) is 0.645. The summed E-state index contributed by atoms with van der Waals surface area (Å²) < 4.78 is 6.12. The van der Waals surface area contributed by atoms with Gasteiger partial charge in [0.05, 0.1) is 6.61 Å². The van der Waals surface area contributed by atoms with Crippen molar-refractivity contribution in [3.8, 4) is 0 Å². The Bertz CT molecular complexity index is 1030. The summed E-state index contributed by atoms with van der Waals surface area (Å²) in [5.74, 6) is 1.08. The maximum absolute atomic E-state index is 13.0. The minimum Gasteiger partial charge on any atom is -0.365 e. The van der Waals surface area contributed by atoms with Gasteiger partial charge in [-0.2, -0.15) is 0 Å². The van der Waals surface area contributed by atoms with Crippen LogP contribution in [0.3, 0.4) is 0 Å². The summed E-state index contributed by atoms with van der Waals surface area (Å²) >= 11 is 6.01. The number of benzene rings is 1. The predicted octanol–water partition coefficient (Wildman–Crippen LogP) is 7.66. The van der Waals surface area contributed by atoms with E-state index in [0.29, 0.717) is 48.0 Å². The van der Waals surface area contributed by atoms with Crippen molar-refractivity contribution in [2.45, 2.75) is 91.0 Å². The first-order valence-corrected chi connectivity index (χ1v) is 13.9. The normalized spacial score (nSPS) is 42.4. The number of fused-ring (bicyclic) bond motifs is 5. The summed E-state index contributed by atoms with van der Waals surface area (Å²) in [7, 11) is 0. The second-order valence-electron chi connectivity index (χ2n) is 12.4. The standard InChI is InChI=1S/C31H41ClO3/c1-5-14-30(21(2)33)16-13-27-25-11-8-23-19-31(34,35-20-22-6-9-24(32)10-7-22)18-17-28(23,3)26(25)12-15-29(27,30)4/h5-10,25-27,34H,1,11-20H2,2-4H3/t25?,26?,27?,28-,29-,30-,31-/m0/s1. The van der Waals surface area contributed by atoms with Crippen molar-refractivity contribution in [1.29, 1.82) is 0 Å². The monoisotopic (exact) mass is 496 g/mol. The van der Waals surface area contributed by atoms with Crippen molar-refractivity contribution < 1.29 is 14.6 Å². The molecule has 1 aromatic rings. The van der Waals surface area contributed by atoms with Gasteiger partial charge in [0.2, 0.25) is 0 Å². The van der Waals surface area contributed by atoms with Crippen LogP contribution in [0, 0.1) is 34.0 Å². The molecule has 0 aromatic heterocycles. The number of rotatable bonds is 6. The Balaban J connectivity index is 1.35. The third-order valence-electron chi connectivity index (χ3n) is 11.1. The zero-order valence-corrected chi connectivity index (χ0v) is 22.4. The molecule has 3 saturated carbocycles. The topological polar surface area (TPSA) is 46.5 Å². The molecule has 5 rings (SSSR count). The van der Waals surface area contributed by atoms with E-state index in [9.17, 15) is 9.90 Å². The number of ketones is 1. The average molecular weight is 497 g/mol. The van der Waals surface area contributed by atoms with Crippen LogP contribution in [-0.4, -0.2) is 16.7 Å². The van der Waals surface area contributed by atoms with Gasteiger partial charge in [-0.3, -0.25) is 4.79 Å². The number of allylic oxidation sites excluding steroid dienone is 2. The number of carbonyl (C=O) groups is 1. The molecule has 4 aliphatic carbocycles. The van der Waals surface area contributed by atoms with E-state index in [1.54, 1.807) is 0 Å². The molecule has 0 saturated heterocycles. The minimum absolute atomic E-state index is 0.0625. The number of hydrogen-bond acceptors (Lipinski definition) is 3. The zero-order chi connectivity index (χ0) is 25.1. The number of carbonyl (C=O) groups excluding carboxylic acids is 1. The smallest absolute Gasteiger partial charge is 0.169 e. The lowest BCUT2D eigenvalue weighted by Gasteiger charge is -2.60. The van der Waals surface area contributed by atoms with Crippen LogP contribution >= 0.6 is 11.6 Å². The van der Waals surface area contributed by atoms with Gasteiger partial charge in [-0.05, 0) is 98.1 Å². The summed E-state index contributed by atoms with van der Waals surface area (Å²) in [6.45, 7) is 11.1. The van der Waals surface area contributed by atoms with Crippen LogP contribution < -0.4 is 0 Å². The van der Waals surface area contributed by atoms with Crippen molar-refractivity contribution in [2.75, 3.05) is 0 Å². The molecule has 0 heterocycles. The molecule has 4 aliphatic rings. The van der Waals surface area contributed by atoms with Crippen molar-refractivity contribution in [3.05, 3.63) is 59.2 Å². The van der Waals surface area contributed by atoms with E-state index in [1.165, 1.54) is 12.0 Å². The molecule has 3 unspecified atom stereocenters. The Hall–Kier alpha value is -1.42. The van der Waals surface area contributed by atoms with Crippen molar-refractivity contribution in [2.24, 2.45) is 34.0 Å². The van der Waals surface area contributed by atoms with Crippen LogP contribution in [0.2, 0.25) is 5.02 Å². The van der Waals surface area contributed by atoms with Crippen LogP contribution in [0.1, 0.15) is 84.1 Å². The lowest BCUT2D eigenvalue weighted by molar-refractivity contribution is -0.231. The Morgan fingerprint density at radius 3 is 2.54 bits per heavy atom. The number of Topliss-reactive ketones (excluding diaryl/α,β-unsaturated/α-hetero) is 1. The number of aliphatic hydroxyl groups is 1. The number of hydrogen-bond donors (Lipinski definition) is 1. The van der Waals surface area contributed by atoms with E-state index in [2.05, 4.69) is 26.5 Å². The molecule has 3 fully saturated rings. The molecule has 0 spiro atoms. The van der Waals surface area contributed by atoms with Crippen molar-refractivity contribution in [1.82, 2.24) is 0 Å². The lowest BCUT2D eigenvalue weighted by atomic mass is 9.45. The molecule has 1 N–H and O–H groups in total. The highest BCUT2D eigenvalue weighted by Crippen LogP contribution is 2.70. The van der Waals surface area contributed by atoms with Crippen molar-refractivity contribution >= 4 is 17.4 Å². The Labute approximate surface area is 216 Å². The third kappa shape index (κ3) is 3.88. The summed E-state index contributed by atoms with van der Waals surface area (Å²) in [6, 6.07) is 7.64. The molecular formula is C31H41ClO3. The van der Waals surface area contributed by atoms with Crippen LogP contribution in [0.4, 0.5) is 0 Å². The van der Waals surface area contributed by atoms with Crippen LogP contribution in [-0.2, 0) is 16.1 Å². The first-order valence-electron chi connectivity index (χ1n) is 13.5. The Kier molecular flexibility index (Phi) is 6.38. The highest BCUT2D eigenvalue weighted by molar-refractivity contribution is 6.30. The molecule has 3 nitrogen and oxygen atoms in total. The molecule has 7 atom stereocenters. The van der Waals surface area contributed by atoms with Gasteiger partial charge in [-0.15, -0.1) is 6.58 Å². The Morgan fingerprint density at radius 2 is 1.86 bits per heavy atom. The van der Waals surface area contributed by atoms with Crippen LogP contribution in [0.25, 0.3) is 0 Å². The molecule has 0 radical (unpaired) electrons. The van der Waals surface area contributed by atoms with Crippen LogP contribution in [0.15, 0.2) is 48.6 Å². The molecule has 0 aliphatic heterocycles. The summed E-state index contributed by atoms with van der Waals surface area (Å²) in [5.41, 5.74) is 2.34. The molecular weight excluding hydrogens is 456 g/mol. The fourth-order valence-electron chi connectivity index (χ4n) is 8.98. The SMILES string of the molecule is C=CC[C@@]1(C(C)=O)CCC2C3CC=C4C[C@@](O)(OCc5ccc(Cl)cc5)CC[C@]4(C)C3CC[C@@]21C. The minimum atomic E-state index is -1.11. The largest absolute Gasteiger partial charge is 0.365 e. The molecule has 0 bridgehead atoms. The van der Waals surface area contributed by atoms with E-state index in [-0.39, 0.29) is 16.2 Å². The first kappa shape index (κ1) is 25.2. The number of halogens is 1. The molecule has 190 valence electrons. The van der Waals surface area contributed by atoms with Crippen LogP contribution in [0.5, 0.6) is 0 Å². The van der Waals surface area contributed by atoms with Crippen molar-refractivity contribution in [3.63, 3.8) is 0 Å². The van der Waals surface area contributed by atoms with E-state index in [4.69, 9.17) is 16.3 Å². The van der Waals surface area contributed by atoms with E-state index in [1.807, 2.05) is 37.3 Å². The van der Waals surface area contributed by atoms with Gasteiger partial charge in [0.1, 0.15) is 5.78 Å². The molecule has 4 heteroatoms. The third-order valence-corrected chi connectivity index (χ3v) is 11.3. The second kappa shape index (κ2) is 8.85. The fourth-order valence-corrected chi connectivity index (χ4v) is 9.10. The summed E-state index contributed by atoms with van der Waals surface area (Å²) in [6.07, 6.45) is 12.9. The van der Waals surface area contributed by atoms with E-state index >= 15 is 0 Å². The van der Waals surface area contributed by atoms with Gasteiger partial charge in [0, 0.05) is 23.3 Å². The molecule has 0 amide bonds. The Morgan fingerprint density at radius 1 is 1.14 bits per heavy atom. The molecule has 35 heavy (non-hydrogen) atoms. The van der Waals surface area contributed by atoms with Gasteiger partial charge in [0.25, 0.3) is 0 Å². The van der Waals surface area contributed by atoms with E-state index in [0.717, 1.165) is 44.1 Å². The average Bonchev–Trinajstić information content (AvgIpc) is 3.13. The highest BCUT2D eigenvalue weighted by Gasteiger charge is 2.65. The maximum atomic E-state index is 13.0. The van der Waals surface area contributed by atoms with Gasteiger partial charge in [0.15, 0.2) is 5.79 Å². The number of ether oxygens (including phenoxy) is 1. The van der Waals surface area contributed by atoms with Gasteiger partial charge in [-0.25, -0.2) is 0 Å². The maximum Gasteiger partial charge on any atom is 0.169 e. The predicted molar refractivity (Wildman–Crippen MR) is 141 cm³/mol. The summed E-state index contributed by atoms with van der Waals surface area (Å²) in [4.78, 5) is 13.0. The van der Waals surface area contributed by atoms with Gasteiger partial charge in [-0.1, -0.05) is 55.3 Å². The highest BCUT2D eigenvalue weighted by atomic mass is 35.5. The van der Waals surface area contributed by atoms with Gasteiger partial charge >= 0.3 is 0 Å². The second-order valence-corrected chi connectivity index (χ2v) is 12.9. The first-order chi connectivity index (χ1) is 16.6.